The van der Waals surface area contributed by atoms with Gasteiger partial charge < -0.3 is 20.7 Å². The van der Waals surface area contributed by atoms with Gasteiger partial charge in [-0.15, -0.1) is 0 Å². The van der Waals surface area contributed by atoms with Crippen molar-refractivity contribution in [1.82, 2.24) is 19.4 Å². The molecule has 1 aliphatic heterocycles. The molecular weight excluding hydrogens is 398 g/mol. The smallest absolute Gasteiger partial charge is 0.337 e. The van der Waals surface area contributed by atoms with Crippen LogP contribution in [-0.2, 0) is 11.3 Å². The van der Waals surface area contributed by atoms with Gasteiger partial charge in [-0.05, 0) is 44.0 Å². The number of nitrogens with zero attached hydrogens (tertiary/aromatic N) is 3. The number of methoxy groups -OCH3 is 1. The lowest BCUT2D eigenvalue weighted by atomic mass is 9.99. The fraction of sp³-hybridized carbons (Fsp3) is 0.591. The minimum Gasteiger partial charge on any atom is -0.494 e. The predicted octanol–water partition coefficient (Wildman–Crippen LogP) is 1.76. The number of aromatic nitrogens is 2. The van der Waals surface area contributed by atoms with Gasteiger partial charge in [-0.3, -0.25) is 9.36 Å². The molecule has 2 heterocycles. The molecule has 0 spiro atoms. The number of nitrogens with one attached hydrogen (secondary N) is 1. The van der Waals surface area contributed by atoms with E-state index >= 15 is 0 Å². The summed E-state index contributed by atoms with van der Waals surface area (Å²) in [5.74, 6) is -0.255. The van der Waals surface area contributed by atoms with E-state index in [9.17, 15) is 14.4 Å². The van der Waals surface area contributed by atoms with Crippen LogP contribution in [0.5, 0.6) is 5.75 Å². The topological polar surface area (TPSA) is 112 Å². The fourth-order valence-corrected chi connectivity index (χ4v) is 4.20. The van der Waals surface area contributed by atoms with Crippen LogP contribution in [0, 0.1) is 5.92 Å². The van der Waals surface area contributed by atoms with Gasteiger partial charge in [0.2, 0.25) is 5.91 Å². The number of carbonyl (C=O) groups is 2. The lowest BCUT2D eigenvalue weighted by Crippen LogP contribution is -2.51. The molecule has 0 radical (unpaired) electrons. The second-order valence-electron chi connectivity index (χ2n) is 8.21. The van der Waals surface area contributed by atoms with Gasteiger partial charge in [0.25, 0.3) is 0 Å². The van der Waals surface area contributed by atoms with E-state index in [2.05, 4.69) is 10.2 Å². The average molecular weight is 432 g/mol. The van der Waals surface area contributed by atoms with Crippen molar-refractivity contribution in [2.45, 2.75) is 52.1 Å². The van der Waals surface area contributed by atoms with Gasteiger partial charge >= 0.3 is 11.7 Å². The molecule has 2 atom stereocenters. The van der Waals surface area contributed by atoms with E-state index in [0.29, 0.717) is 29.7 Å². The lowest BCUT2D eigenvalue weighted by molar-refractivity contribution is -0.120. The van der Waals surface area contributed by atoms with Crippen LogP contribution in [0.4, 0.5) is 4.79 Å². The Kier molecular flexibility index (Phi) is 7.37. The van der Waals surface area contributed by atoms with Crippen LogP contribution >= 0.6 is 0 Å². The van der Waals surface area contributed by atoms with Crippen LogP contribution in [0.15, 0.2) is 23.0 Å². The Morgan fingerprint density at radius 2 is 1.90 bits per heavy atom. The Hall–Kier alpha value is -2.81. The highest BCUT2D eigenvalue weighted by Gasteiger charge is 2.27. The van der Waals surface area contributed by atoms with Crippen molar-refractivity contribution in [3.05, 3.63) is 28.7 Å². The molecule has 3 rings (SSSR count). The molecule has 31 heavy (non-hydrogen) atoms. The third-order valence-corrected chi connectivity index (χ3v) is 6.22. The molecule has 0 bridgehead atoms. The summed E-state index contributed by atoms with van der Waals surface area (Å²) in [6.07, 6.45) is 4.22. The monoisotopic (exact) mass is 431 g/mol. The van der Waals surface area contributed by atoms with Crippen LogP contribution in [-0.4, -0.2) is 58.8 Å². The zero-order chi connectivity index (χ0) is 22.5. The number of rotatable bonds is 8. The molecule has 1 fully saturated rings. The molecule has 0 aliphatic carbocycles. The first-order valence-electron chi connectivity index (χ1n) is 11.0. The van der Waals surface area contributed by atoms with Gasteiger partial charge in [0.1, 0.15) is 17.3 Å². The van der Waals surface area contributed by atoms with Crippen molar-refractivity contribution >= 4 is 23.0 Å². The highest BCUT2D eigenvalue weighted by Crippen LogP contribution is 2.25. The molecule has 0 unspecified atom stereocenters. The van der Waals surface area contributed by atoms with E-state index in [1.807, 2.05) is 13.8 Å². The molecule has 3 N–H and O–H groups in total. The number of imidazole rings is 1. The normalized spacial score (nSPS) is 16.7. The zero-order valence-electron chi connectivity index (χ0n) is 18.6. The van der Waals surface area contributed by atoms with Crippen LogP contribution in [0.3, 0.4) is 0 Å². The predicted molar refractivity (Wildman–Crippen MR) is 119 cm³/mol. The molecule has 1 aromatic heterocycles. The molecular formula is C22H33N5O4. The van der Waals surface area contributed by atoms with Gasteiger partial charge in [-0.25, -0.2) is 14.2 Å². The Morgan fingerprint density at radius 1 is 1.19 bits per heavy atom. The van der Waals surface area contributed by atoms with Crippen molar-refractivity contribution in [3.8, 4) is 5.75 Å². The van der Waals surface area contributed by atoms with Crippen molar-refractivity contribution < 1.29 is 14.3 Å². The highest BCUT2D eigenvalue weighted by atomic mass is 16.5. The van der Waals surface area contributed by atoms with E-state index < -0.39 is 23.7 Å². The van der Waals surface area contributed by atoms with E-state index in [1.54, 1.807) is 22.8 Å². The van der Waals surface area contributed by atoms with Crippen LogP contribution in [0.25, 0.3) is 11.0 Å². The maximum Gasteiger partial charge on any atom is 0.337 e. The van der Waals surface area contributed by atoms with E-state index in [0.717, 1.165) is 37.0 Å². The summed E-state index contributed by atoms with van der Waals surface area (Å²) >= 11 is 0. The second-order valence-corrected chi connectivity index (χ2v) is 8.21. The molecule has 2 aromatic rings. The number of piperidine rings is 1. The number of carbonyl (C=O) groups excluding carboxylic acids is 2. The third kappa shape index (κ3) is 4.76. The van der Waals surface area contributed by atoms with Gasteiger partial charge in [-0.1, -0.05) is 32.8 Å². The first-order chi connectivity index (χ1) is 14.9. The Morgan fingerprint density at radius 3 is 2.52 bits per heavy atom. The number of ether oxygens (including phenoxy) is 1. The lowest BCUT2D eigenvalue weighted by Gasteiger charge is -2.26. The summed E-state index contributed by atoms with van der Waals surface area (Å²) in [4.78, 5) is 40.7. The number of hydrogen-bond donors (Lipinski definition) is 2. The molecule has 0 saturated carbocycles. The minimum absolute atomic E-state index is 0.154. The number of benzene rings is 1. The summed E-state index contributed by atoms with van der Waals surface area (Å²) in [5.41, 5.74) is 6.05. The Balaban J connectivity index is 1.99. The molecule has 9 nitrogen and oxygen atoms in total. The molecule has 1 aliphatic rings. The molecule has 1 aromatic carbocycles. The van der Waals surface area contributed by atoms with Crippen LogP contribution in [0.2, 0.25) is 0 Å². The largest absolute Gasteiger partial charge is 0.494 e. The summed E-state index contributed by atoms with van der Waals surface area (Å²) in [5, 5.41) is 2.66. The zero-order valence-corrected chi connectivity index (χ0v) is 18.6. The molecule has 1 saturated heterocycles. The number of para-hydroxylation sites is 1. The maximum absolute atomic E-state index is 13.3. The number of fused-ring (bicyclic) bond motifs is 1. The number of primary amides is 1. The molecule has 9 heteroatoms. The Bertz CT molecular complexity index is 990. The maximum atomic E-state index is 13.3. The third-order valence-electron chi connectivity index (χ3n) is 6.22. The van der Waals surface area contributed by atoms with E-state index in [1.165, 1.54) is 13.5 Å². The average Bonchev–Trinajstić information content (AvgIpc) is 3.07. The quantitative estimate of drug-likeness (QED) is 0.661. The minimum atomic E-state index is -0.859. The summed E-state index contributed by atoms with van der Waals surface area (Å²) in [6, 6.07) is 3.69. The first kappa shape index (κ1) is 22.9. The van der Waals surface area contributed by atoms with Crippen LogP contribution < -0.4 is 21.5 Å². The van der Waals surface area contributed by atoms with E-state index in [4.69, 9.17) is 10.5 Å². The standard InChI is InChI=1S/C22H33N5O4/c1-4-15(2)18(20(23)28)24-21(29)27-16-9-8-10-17(31-3)19(16)26(22(27)30)14-13-25-11-6-5-7-12-25/h8-10,15,18H,4-7,11-14H2,1-3H3,(H2,23,28)(H,24,29)/t15-,18-/m0/s1. The summed E-state index contributed by atoms with van der Waals surface area (Å²) in [6.45, 7) is 6.94. The SMILES string of the molecule is CC[C@H](C)[C@H](NC(=O)n1c(=O)n(CCN2CCCCC2)c2c(OC)cccc21)C(N)=O. The van der Waals surface area contributed by atoms with Crippen molar-refractivity contribution in [3.63, 3.8) is 0 Å². The van der Waals surface area contributed by atoms with Crippen LogP contribution in [0.1, 0.15) is 39.5 Å². The van der Waals surface area contributed by atoms with Gasteiger partial charge in [0.15, 0.2) is 0 Å². The molecule has 2 amide bonds. The second kappa shape index (κ2) is 10.00. The van der Waals surface area contributed by atoms with Gasteiger partial charge in [0.05, 0.1) is 12.6 Å². The first-order valence-corrected chi connectivity index (χ1v) is 11.0. The summed E-state index contributed by atoms with van der Waals surface area (Å²) < 4.78 is 8.15. The van der Waals surface area contributed by atoms with Crippen molar-refractivity contribution in [2.75, 3.05) is 26.7 Å². The number of nitrogens with two attached hydrogens (primary N) is 1. The Labute approximate surface area is 182 Å². The van der Waals surface area contributed by atoms with Crippen molar-refractivity contribution in [2.24, 2.45) is 11.7 Å². The fourth-order valence-electron chi connectivity index (χ4n) is 4.20. The summed E-state index contributed by atoms with van der Waals surface area (Å²) in [7, 11) is 1.54. The number of hydrogen-bond acceptors (Lipinski definition) is 5. The van der Waals surface area contributed by atoms with Crippen molar-refractivity contribution in [1.29, 1.82) is 0 Å². The number of likely N-dealkylation sites (tertiary alicyclic amines) is 1. The highest BCUT2D eigenvalue weighted by molar-refractivity contribution is 5.94. The van der Waals surface area contributed by atoms with E-state index in [-0.39, 0.29) is 5.92 Å². The van der Waals surface area contributed by atoms with Gasteiger partial charge in [0, 0.05) is 13.1 Å². The van der Waals surface area contributed by atoms with Gasteiger partial charge in [-0.2, -0.15) is 0 Å². The number of amides is 2. The molecule has 170 valence electrons.